The minimum absolute atomic E-state index is 0.00400. The van der Waals surface area contributed by atoms with Crippen molar-refractivity contribution in [1.82, 2.24) is 0 Å². The molecule has 0 unspecified atom stereocenters. The van der Waals surface area contributed by atoms with Crippen LogP contribution < -0.4 is 5.73 Å². The smallest absolute Gasteiger partial charge is 0.381 e. The van der Waals surface area contributed by atoms with E-state index >= 15 is 0 Å². The molecule has 0 saturated heterocycles. The summed E-state index contributed by atoms with van der Waals surface area (Å²) in [6.07, 6.45) is -4.03. The van der Waals surface area contributed by atoms with Crippen LogP contribution in [0.3, 0.4) is 0 Å². The summed E-state index contributed by atoms with van der Waals surface area (Å²) in [5.74, 6) is 0. The molecule has 0 bridgehead atoms. The van der Waals surface area contributed by atoms with E-state index in [0.29, 0.717) is 13.2 Å². The van der Waals surface area contributed by atoms with Gasteiger partial charge in [-0.25, -0.2) is 0 Å². The lowest BCUT2D eigenvalue weighted by Gasteiger charge is -2.21. The number of nitrogens with two attached hydrogens (primary N) is 1. The first-order valence-electron chi connectivity index (χ1n) is 5.11. The maximum Gasteiger partial charge on any atom is 0.389 e. The number of hydrogen-bond acceptors (Lipinski definition) is 2. The molecule has 0 rings (SSSR count). The average Bonchev–Trinajstić information content (AvgIpc) is 2.09. The molecule has 0 aliphatic carbocycles. The first-order valence-corrected chi connectivity index (χ1v) is 5.11. The lowest BCUT2D eigenvalue weighted by molar-refractivity contribution is -0.138. The molecule has 0 aromatic rings. The summed E-state index contributed by atoms with van der Waals surface area (Å²) in [5, 5.41) is 0. The Bertz CT molecular complexity index is 169. The summed E-state index contributed by atoms with van der Waals surface area (Å²) in [4.78, 5) is 0. The standard InChI is InChI=1S/C10H20F3NO/c1-9(2,8-14)5-7-15-6-3-4-10(11,12)13/h3-8,14H2,1-2H3. The van der Waals surface area contributed by atoms with Gasteiger partial charge < -0.3 is 10.5 Å². The van der Waals surface area contributed by atoms with Crippen molar-refractivity contribution in [2.45, 2.75) is 39.3 Å². The zero-order chi connectivity index (χ0) is 11.9. The summed E-state index contributed by atoms with van der Waals surface area (Å²) >= 11 is 0. The van der Waals surface area contributed by atoms with Crippen molar-refractivity contribution in [3.63, 3.8) is 0 Å². The highest BCUT2D eigenvalue weighted by Gasteiger charge is 2.25. The number of rotatable bonds is 7. The third kappa shape index (κ3) is 10.0. The molecule has 2 N–H and O–H groups in total. The molecule has 0 saturated carbocycles. The second-order valence-electron chi connectivity index (χ2n) is 4.45. The fourth-order valence-corrected chi connectivity index (χ4v) is 0.927. The normalized spacial score (nSPS) is 13.2. The Hall–Kier alpha value is -0.290. The number of halogens is 3. The van der Waals surface area contributed by atoms with Crippen LogP contribution in [-0.2, 0) is 4.74 Å². The quantitative estimate of drug-likeness (QED) is 0.679. The van der Waals surface area contributed by atoms with E-state index in [0.717, 1.165) is 6.42 Å². The van der Waals surface area contributed by atoms with E-state index in [1.165, 1.54) is 0 Å². The Morgan fingerprint density at radius 2 is 1.67 bits per heavy atom. The van der Waals surface area contributed by atoms with Crippen LogP contribution in [0.15, 0.2) is 0 Å². The molecular weight excluding hydrogens is 207 g/mol. The van der Waals surface area contributed by atoms with Gasteiger partial charge >= 0.3 is 6.18 Å². The number of hydrogen-bond donors (Lipinski definition) is 1. The highest BCUT2D eigenvalue weighted by molar-refractivity contribution is 4.68. The van der Waals surface area contributed by atoms with E-state index < -0.39 is 12.6 Å². The fourth-order valence-electron chi connectivity index (χ4n) is 0.927. The van der Waals surface area contributed by atoms with E-state index in [1.807, 2.05) is 13.8 Å². The maximum absolute atomic E-state index is 11.7. The molecule has 0 heterocycles. The molecule has 92 valence electrons. The zero-order valence-corrected chi connectivity index (χ0v) is 9.36. The maximum atomic E-state index is 11.7. The van der Waals surface area contributed by atoms with E-state index in [4.69, 9.17) is 10.5 Å². The molecule has 0 aliphatic heterocycles. The summed E-state index contributed by atoms with van der Waals surface area (Å²) in [6.45, 7) is 5.21. The Morgan fingerprint density at radius 3 is 2.13 bits per heavy atom. The average molecular weight is 227 g/mol. The Labute approximate surface area is 89.0 Å². The van der Waals surface area contributed by atoms with Crippen LogP contribution in [0.2, 0.25) is 0 Å². The molecule has 0 radical (unpaired) electrons. The summed E-state index contributed by atoms with van der Waals surface area (Å²) in [7, 11) is 0. The van der Waals surface area contributed by atoms with Gasteiger partial charge in [0, 0.05) is 19.6 Å². The second-order valence-corrected chi connectivity index (χ2v) is 4.45. The van der Waals surface area contributed by atoms with E-state index in [9.17, 15) is 13.2 Å². The van der Waals surface area contributed by atoms with Gasteiger partial charge in [-0.1, -0.05) is 13.8 Å². The first kappa shape index (κ1) is 14.7. The van der Waals surface area contributed by atoms with Crippen molar-refractivity contribution in [2.75, 3.05) is 19.8 Å². The Morgan fingerprint density at radius 1 is 1.07 bits per heavy atom. The van der Waals surface area contributed by atoms with Crippen LogP contribution in [0.25, 0.3) is 0 Å². The Balaban J connectivity index is 3.33. The van der Waals surface area contributed by atoms with Gasteiger partial charge in [0.1, 0.15) is 0 Å². The molecule has 5 heteroatoms. The second kappa shape index (κ2) is 6.33. The topological polar surface area (TPSA) is 35.2 Å². The van der Waals surface area contributed by atoms with Crippen molar-refractivity contribution in [1.29, 1.82) is 0 Å². The van der Waals surface area contributed by atoms with Crippen molar-refractivity contribution in [2.24, 2.45) is 11.1 Å². The predicted molar refractivity (Wildman–Crippen MR) is 53.6 cm³/mol. The van der Waals surface area contributed by atoms with E-state index in [-0.39, 0.29) is 18.4 Å². The lowest BCUT2D eigenvalue weighted by Crippen LogP contribution is -2.25. The van der Waals surface area contributed by atoms with Gasteiger partial charge in [-0.05, 0) is 24.8 Å². The van der Waals surface area contributed by atoms with Gasteiger partial charge in [0.15, 0.2) is 0 Å². The van der Waals surface area contributed by atoms with Crippen molar-refractivity contribution in [3.8, 4) is 0 Å². The summed E-state index contributed by atoms with van der Waals surface area (Å²) in [5.41, 5.74) is 5.50. The van der Waals surface area contributed by atoms with Crippen molar-refractivity contribution in [3.05, 3.63) is 0 Å². The van der Waals surface area contributed by atoms with Crippen LogP contribution in [0.5, 0.6) is 0 Å². The minimum atomic E-state index is -4.07. The van der Waals surface area contributed by atoms with Crippen LogP contribution in [-0.4, -0.2) is 25.9 Å². The highest BCUT2D eigenvalue weighted by Crippen LogP contribution is 2.21. The van der Waals surface area contributed by atoms with Gasteiger partial charge in [-0.15, -0.1) is 0 Å². The molecule has 2 nitrogen and oxygen atoms in total. The molecule has 0 spiro atoms. The molecule has 0 atom stereocenters. The van der Waals surface area contributed by atoms with Crippen LogP contribution >= 0.6 is 0 Å². The predicted octanol–water partition coefficient (Wildman–Crippen LogP) is 2.72. The van der Waals surface area contributed by atoms with Crippen LogP contribution in [0.1, 0.15) is 33.1 Å². The summed E-state index contributed by atoms with van der Waals surface area (Å²) < 4.78 is 40.3. The van der Waals surface area contributed by atoms with Gasteiger partial charge in [0.25, 0.3) is 0 Å². The van der Waals surface area contributed by atoms with Crippen LogP contribution in [0, 0.1) is 5.41 Å². The largest absolute Gasteiger partial charge is 0.389 e. The van der Waals surface area contributed by atoms with Gasteiger partial charge in [-0.3, -0.25) is 0 Å². The molecule has 0 aromatic carbocycles. The SMILES string of the molecule is CC(C)(CN)CCOCCCC(F)(F)F. The monoisotopic (exact) mass is 227 g/mol. The first-order chi connectivity index (χ1) is 6.77. The van der Waals surface area contributed by atoms with E-state index in [1.54, 1.807) is 0 Å². The Kier molecular flexibility index (Phi) is 6.20. The molecular formula is C10H20F3NO. The van der Waals surface area contributed by atoms with Gasteiger partial charge in [-0.2, -0.15) is 13.2 Å². The summed E-state index contributed by atoms with van der Waals surface area (Å²) in [6, 6.07) is 0. The fraction of sp³-hybridized carbons (Fsp3) is 1.00. The molecule has 0 aliphatic rings. The highest BCUT2D eigenvalue weighted by atomic mass is 19.4. The minimum Gasteiger partial charge on any atom is -0.381 e. The molecule has 0 amide bonds. The molecule has 15 heavy (non-hydrogen) atoms. The third-order valence-corrected chi connectivity index (χ3v) is 2.22. The zero-order valence-electron chi connectivity index (χ0n) is 9.36. The van der Waals surface area contributed by atoms with Crippen molar-refractivity contribution >= 4 is 0 Å². The van der Waals surface area contributed by atoms with E-state index in [2.05, 4.69) is 0 Å². The van der Waals surface area contributed by atoms with Gasteiger partial charge in [0.2, 0.25) is 0 Å². The van der Waals surface area contributed by atoms with Crippen LogP contribution in [0.4, 0.5) is 13.2 Å². The molecule has 0 fully saturated rings. The van der Waals surface area contributed by atoms with Crippen molar-refractivity contribution < 1.29 is 17.9 Å². The van der Waals surface area contributed by atoms with Gasteiger partial charge in [0.05, 0.1) is 0 Å². The molecule has 0 aromatic heterocycles. The lowest BCUT2D eigenvalue weighted by atomic mass is 9.90. The third-order valence-electron chi connectivity index (χ3n) is 2.22. The number of alkyl halides is 3. The number of ether oxygens (including phenoxy) is 1.